The molecule has 100 valence electrons. The van der Waals surface area contributed by atoms with Gasteiger partial charge in [0.25, 0.3) is 0 Å². The summed E-state index contributed by atoms with van der Waals surface area (Å²) in [4.78, 5) is 13.4. The number of likely N-dealkylation sites (tertiary alicyclic amines) is 1. The van der Waals surface area contributed by atoms with Crippen molar-refractivity contribution in [2.75, 3.05) is 32.1 Å². The molecule has 1 aliphatic rings. The van der Waals surface area contributed by atoms with Gasteiger partial charge in [0.2, 0.25) is 5.95 Å². The summed E-state index contributed by atoms with van der Waals surface area (Å²) in [5.41, 5.74) is 1.60. The summed E-state index contributed by atoms with van der Waals surface area (Å²) >= 11 is 0. The van der Waals surface area contributed by atoms with Gasteiger partial charge in [0.1, 0.15) is 0 Å². The smallest absolute Gasteiger partial charge is 0.225 e. The molecule has 18 heavy (non-hydrogen) atoms. The van der Waals surface area contributed by atoms with Gasteiger partial charge < -0.3 is 14.9 Å². The van der Waals surface area contributed by atoms with Crippen LogP contribution in [0.1, 0.15) is 24.2 Å². The normalized spacial score (nSPS) is 18.0. The Morgan fingerprint density at radius 1 is 1.39 bits per heavy atom. The van der Waals surface area contributed by atoms with E-state index >= 15 is 0 Å². The van der Waals surface area contributed by atoms with Gasteiger partial charge in [-0.15, -0.1) is 0 Å². The van der Waals surface area contributed by atoms with Crippen LogP contribution in [0.5, 0.6) is 0 Å². The Bertz CT molecular complexity index is 402. The van der Waals surface area contributed by atoms with E-state index in [1.54, 1.807) is 0 Å². The molecule has 0 radical (unpaired) electrons. The molecular weight excluding hydrogens is 228 g/mol. The highest BCUT2D eigenvalue weighted by atomic mass is 16.3. The fourth-order valence-electron chi connectivity index (χ4n) is 2.40. The molecule has 1 fully saturated rings. The quantitative estimate of drug-likeness (QED) is 0.860. The van der Waals surface area contributed by atoms with Crippen molar-refractivity contribution in [3.8, 4) is 0 Å². The number of aliphatic hydroxyl groups is 1. The van der Waals surface area contributed by atoms with Crippen LogP contribution in [-0.2, 0) is 6.61 Å². The maximum Gasteiger partial charge on any atom is 0.225 e. The van der Waals surface area contributed by atoms with E-state index in [1.807, 2.05) is 20.0 Å². The van der Waals surface area contributed by atoms with Crippen LogP contribution in [0, 0.1) is 6.92 Å². The molecule has 0 aliphatic carbocycles. The Morgan fingerprint density at radius 2 is 2.06 bits per heavy atom. The van der Waals surface area contributed by atoms with Crippen LogP contribution in [0.25, 0.3) is 0 Å². The van der Waals surface area contributed by atoms with Crippen LogP contribution in [0.15, 0.2) is 6.07 Å². The molecule has 1 saturated heterocycles. The van der Waals surface area contributed by atoms with Gasteiger partial charge >= 0.3 is 0 Å². The summed E-state index contributed by atoms with van der Waals surface area (Å²) < 4.78 is 0. The lowest BCUT2D eigenvalue weighted by atomic mass is 10.0. The number of aliphatic hydroxyl groups excluding tert-OH is 1. The lowest BCUT2D eigenvalue weighted by Crippen LogP contribution is -2.42. The summed E-state index contributed by atoms with van der Waals surface area (Å²) in [6.07, 6.45) is 2.28. The Balaban J connectivity index is 2.12. The SMILES string of the molecule is Cc1cc(CO)nc(N(C)C2CCN(C)CC2)n1. The summed E-state index contributed by atoms with van der Waals surface area (Å²) in [5.74, 6) is 0.730. The van der Waals surface area contributed by atoms with Crippen molar-refractivity contribution in [2.45, 2.75) is 32.4 Å². The van der Waals surface area contributed by atoms with Gasteiger partial charge in [0.05, 0.1) is 12.3 Å². The molecule has 5 heteroatoms. The van der Waals surface area contributed by atoms with Crippen molar-refractivity contribution in [2.24, 2.45) is 0 Å². The van der Waals surface area contributed by atoms with Crippen LogP contribution in [0.4, 0.5) is 5.95 Å². The largest absolute Gasteiger partial charge is 0.390 e. The molecule has 0 atom stereocenters. The Labute approximate surface area is 108 Å². The minimum atomic E-state index is -0.0302. The van der Waals surface area contributed by atoms with E-state index in [1.165, 1.54) is 0 Å². The van der Waals surface area contributed by atoms with E-state index in [4.69, 9.17) is 0 Å². The van der Waals surface area contributed by atoms with Crippen molar-refractivity contribution in [1.29, 1.82) is 0 Å². The topological polar surface area (TPSA) is 52.5 Å². The van der Waals surface area contributed by atoms with E-state index in [-0.39, 0.29) is 6.61 Å². The Morgan fingerprint density at radius 3 is 2.67 bits per heavy atom. The van der Waals surface area contributed by atoms with Gasteiger partial charge in [-0.3, -0.25) is 0 Å². The summed E-state index contributed by atoms with van der Waals surface area (Å²) in [5, 5.41) is 9.20. The number of piperidine rings is 1. The molecule has 1 aromatic heterocycles. The lowest BCUT2D eigenvalue weighted by molar-refractivity contribution is 0.251. The van der Waals surface area contributed by atoms with E-state index < -0.39 is 0 Å². The molecule has 0 unspecified atom stereocenters. The third-order valence-corrected chi connectivity index (χ3v) is 3.61. The van der Waals surface area contributed by atoms with Crippen LogP contribution >= 0.6 is 0 Å². The average Bonchev–Trinajstić information content (AvgIpc) is 2.38. The highest BCUT2D eigenvalue weighted by Crippen LogP contribution is 2.19. The second-order valence-corrected chi connectivity index (χ2v) is 5.10. The third kappa shape index (κ3) is 2.97. The first-order chi connectivity index (χ1) is 8.60. The Kier molecular flexibility index (Phi) is 4.14. The first-order valence-corrected chi connectivity index (χ1v) is 6.47. The molecule has 5 nitrogen and oxygen atoms in total. The van der Waals surface area contributed by atoms with E-state index in [2.05, 4.69) is 26.8 Å². The summed E-state index contributed by atoms with van der Waals surface area (Å²) in [6.45, 7) is 4.14. The minimum absolute atomic E-state index is 0.0302. The van der Waals surface area contributed by atoms with Crippen LogP contribution in [0.3, 0.4) is 0 Å². The maximum absolute atomic E-state index is 9.20. The highest BCUT2D eigenvalue weighted by molar-refractivity contribution is 5.32. The zero-order chi connectivity index (χ0) is 13.1. The number of anilines is 1. The van der Waals surface area contributed by atoms with E-state index in [0.29, 0.717) is 11.7 Å². The van der Waals surface area contributed by atoms with Crippen molar-refractivity contribution in [3.63, 3.8) is 0 Å². The zero-order valence-electron chi connectivity index (χ0n) is 11.4. The second-order valence-electron chi connectivity index (χ2n) is 5.10. The average molecular weight is 250 g/mol. The fourth-order valence-corrected chi connectivity index (χ4v) is 2.40. The van der Waals surface area contributed by atoms with Gasteiger partial charge in [-0.2, -0.15) is 0 Å². The molecule has 0 spiro atoms. The number of rotatable bonds is 3. The van der Waals surface area contributed by atoms with Gasteiger partial charge in [-0.25, -0.2) is 9.97 Å². The molecule has 1 N–H and O–H groups in total. The predicted molar refractivity (Wildman–Crippen MR) is 71.6 cm³/mol. The molecule has 2 rings (SSSR count). The van der Waals surface area contributed by atoms with Crippen LogP contribution < -0.4 is 4.90 Å². The molecule has 0 aromatic carbocycles. The molecule has 2 heterocycles. The first-order valence-electron chi connectivity index (χ1n) is 6.47. The molecule has 0 bridgehead atoms. The number of aromatic nitrogens is 2. The van der Waals surface area contributed by atoms with E-state index in [9.17, 15) is 5.11 Å². The summed E-state index contributed by atoms with van der Waals surface area (Å²) in [7, 11) is 4.20. The summed E-state index contributed by atoms with van der Waals surface area (Å²) in [6, 6.07) is 2.32. The van der Waals surface area contributed by atoms with Gasteiger partial charge in [-0.1, -0.05) is 0 Å². The van der Waals surface area contributed by atoms with Crippen molar-refractivity contribution < 1.29 is 5.11 Å². The van der Waals surface area contributed by atoms with Gasteiger partial charge in [-0.05, 0) is 46.0 Å². The predicted octanol–water partition coefficient (Wildman–Crippen LogP) is 0.808. The number of hydrogen-bond donors (Lipinski definition) is 1. The second kappa shape index (κ2) is 5.63. The van der Waals surface area contributed by atoms with Crippen molar-refractivity contribution in [1.82, 2.24) is 14.9 Å². The molecule has 0 saturated carbocycles. The van der Waals surface area contributed by atoms with Crippen molar-refractivity contribution >= 4 is 5.95 Å². The number of hydrogen-bond acceptors (Lipinski definition) is 5. The Hall–Kier alpha value is -1.20. The number of aryl methyl sites for hydroxylation is 1. The molecule has 1 aromatic rings. The van der Waals surface area contributed by atoms with Gasteiger partial charge in [0, 0.05) is 18.8 Å². The highest BCUT2D eigenvalue weighted by Gasteiger charge is 2.22. The standard InChI is InChI=1S/C13H22N4O/c1-10-8-11(9-18)15-13(14-10)17(3)12-4-6-16(2)7-5-12/h8,12,18H,4-7,9H2,1-3H3. The fraction of sp³-hybridized carbons (Fsp3) is 0.692. The lowest BCUT2D eigenvalue weighted by Gasteiger charge is -2.35. The third-order valence-electron chi connectivity index (χ3n) is 3.61. The monoisotopic (exact) mass is 250 g/mol. The molecule has 1 aliphatic heterocycles. The van der Waals surface area contributed by atoms with Crippen molar-refractivity contribution in [3.05, 3.63) is 17.5 Å². The van der Waals surface area contributed by atoms with Crippen LogP contribution in [-0.4, -0.2) is 53.2 Å². The molecule has 0 amide bonds. The minimum Gasteiger partial charge on any atom is -0.390 e. The van der Waals surface area contributed by atoms with Crippen LogP contribution in [0.2, 0.25) is 0 Å². The molecular formula is C13H22N4O. The first kappa shape index (κ1) is 13.2. The zero-order valence-corrected chi connectivity index (χ0v) is 11.4. The number of nitrogens with zero attached hydrogens (tertiary/aromatic N) is 4. The maximum atomic E-state index is 9.20. The van der Waals surface area contributed by atoms with Gasteiger partial charge in [0.15, 0.2) is 0 Å². The van der Waals surface area contributed by atoms with E-state index in [0.717, 1.165) is 37.6 Å².